The van der Waals surface area contributed by atoms with Gasteiger partial charge in [-0.15, -0.1) is 0 Å². The van der Waals surface area contributed by atoms with Crippen molar-refractivity contribution in [3.63, 3.8) is 0 Å². The number of nitrogens with zero attached hydrogens (tertiary/aromatic N) is 2. The zero-order valence-electron chi connectivity index (χ0n) is 15.7. The fourth-order valence-corrected chi connectivity index (χ4v) is 3.34. The molecular formula is C21H21N5O2. The van der Waals surface area contributed by atoms with Crippen LogP contribution < -0.4 is 10.9 Å². The molecule has 28 heavy (non-hydrogen) atoms. The molecule has 0 saturated heterocycles. The number of carbonyl (C=O) groups is 1. The molecule has 0 saturated carbocycles. The molecule has 0 fully saturated rings. The number of nitrogens with one attached hydrogen (secondary N) is 3. The number of rotatable bonds is 5. The number of hydrogen-bond donors (Lipinski definition) is 3. The fraction of sp³-hybridized carbons (Fsp3) is 0.238. The van der Waals surface area contributed by atoms with Crippen LogP contribution in [0.15, 0.2) is 47.3 Å². The van der Waals surface area contributed by atoms with Gasteiger partial charge in [-0.1, -0.05) is 24.3 Å². The lowest BCUT2D eigenvalue weighted by atomic mass is 10.0. The van der Waals surface area contributed by atoms with Crippen molar-refractivity contribution in [2.45, 2.75) is 26.2 Å². The van der Waals surface area contributed by atoms with Crippen molar-refractivity contribution in [1.29, 1.82) is 0 Å². The van der Waals surface area contributed by atoms with Gasteiger partial charge in [0.2, 0.25) is 5.91 Å². The summed E-state index contributed by atoms with van der Waals surface area (Å²) in [6.07, 6.45) is 0.603. The van der Waals surface area contributed by atoms with Crippen LogP contribution in [-0.2, 0) is 11.2 Å². The second-order valence-electron chi connectivity index (χ2n) is 6.95. The first-order chi connectivity index (χ1) is 13.5. The van der Waals surface area contributed by atoms with E-state index in [1.807, 2.05) is 31.2 Å². The summed E-state index contributed by atoms with van der Waals surface area (Å²) < 4.78 is 0. The number of aryl methyl sites for hydroxylation is 1. The van der Waals surface area contributed by atoms with Gasteiger partial charge in [-0.2, -0.15) is 5.10 Å². The summed E-state index contributed by atoms with van der Waals surface area (Å²) in [4.78, 5) is 32.4. The number of carbonyl (C=O) groups excluding carboxylic acids is 1. The number of H-pyrrole nitrogens is 2. The first kappa shape index (κ1) is 17.9. The topological polar surface area (TPSA) is 104 Å². The molecule has 1 amide bonds. The maximum absolute atomic E-state index is 12.6. The standard InChI is InChI=1S/C21H21N5O2/c1-12-7-8-16-17(11-12)24-18(23-16)9-10-22-20(27)13(2)19-14-5-3-4-6-15(14)21(28)26-25-19/h3-8,11,13H,9-10H2,1-2H3,(H,22,27)(H,23,24)(H,26,28)/t13-/m1/s1. The highest BCUT2D eigenvalue weighted by molar-refractivity contribution is 5.90. The molecule has 3 N–H and O–H groups in total. The first-order valence-corrected chi connectivity index (χ1v) is 9.23. The number of amides is 1. The van der Waals surface area contributed by atoms with Gasteiger partial charge in [0.25, 0.3) is 5.56 Å². The molecule has 0 radical (unpaired) electrons. The molecule has 0 bridgehead atoms. The zero-order valence-corrected chi connectivity index (χ0v) is 15.7. The number of hydrogen-bond acceptors (Lipinski definition) is 4. The number of fused-ring (bicyclic) bond motifs is 2. The Bertz CT molecular complexity index is 1220. The first-order valence-electron chi connectivity index (χ1n) is 9.23. The Labute approximate surface area is 161 Å². The van der Waals surface area contributed by atoms with Gasteiger partial charge < -0.3 is 10.3 Å². The van der Waals surface area contributed by atoms with E-state index in [1.165, 1.54) is 5.56 Å². The minimum absolute atomic E-state index is 0.142. The molecule has 0 aliphatic carbocycles. The van der Waals surface area contributed by atoms with Crippen molar-refractivity contribution in [1.82, 2.24) is 25.5 Å². The molecule has 0 unspecified atom stereocenters. The molecule has 0 aliphatic heterocycles. The molecule has 4 rings (SSSR count). The van der Waals surface area contributed by atoms with E-state index in [-0.39, 0.29) is 11.5 Å². The molecule has 0 spiro atoms. The summed E-state index contributed by atoms with van der Waals surface area (Å²) >= 11 is 0. The van der Waals surface area contributed by atoms with Gasteiger partial charge in [-0.3, -0.25) is 9.59 Å². The molecule has 2 aromatic carbocycles. The molecule has 4 aromatic rings. The predicted octanol–water partition coefficient (Wildman–Crippen LogP) is 2.57. The lowest BCUT2D eigenvalue weighted by molar-refractivity contribution is -0.122. The minimum Gasteiger partial charge on any atom is -0.355 e. The lowest BCUT2D eigenvalue weighted by Gasteiger charge is -2.13. The molecule has 2 heterocycles. The van der Waals surface area contributed by atoms with Crippen LogP contribution in [-0.4, -0.2) is 32.6 Å². The van der Waals surface area contributed by atoms with Gasteiger partial charge in [0.05, 0.1) is 28.0 Å². The molecule has 1 atom stereocenters. The van der Waals surface area contributed by atoms with Gasteiger partial charge in [-0.05, 0) is 37.6 Å². The van der Waals surface area contributed by atoms with E-state index in [1.54, 1.807) is 19.1 Å². The second kappa shape index (κ2) is 7.26. The van der Waals surface area contributed by atoms with E-state index < -0.39 is 5.92 Å². The Kier molecular flexibility index (Phi) is 4.65. The van der Waals surface area contributed by atoms with E-state index in [9.17, 15) is 9.59 Å². The maximum atomic E-state index is 12.6. The highest BCUT2D eigenvalue weighted by atomic mass is 16.2. The third-order valence-corrected chi connectivity index (χ3v) is 4.88. The summed E-state index contributed by atoms with van der Waals surface area (Å²) in [5.74, 6) is 0.206. The van der Waals surface area contributed by atoms with Crippen molar-refractivity contribution in [3.8, 4) is 0 Å². The largest absolute Gasteiger partial charge is 0.355 e. The van der Waals surface area contributed by atoms with E-state index in [2.05, 4.69) is 31.5 Å². The SMILES string of the molecule is Cc1ccc2nc(CCNC(=O)[C@H](C)c3n[nH]c(=O)c4ccccc34)[nH]c2c1. The highest BCUT2D eigenvalue weighted by Gasteiger charge is 2.20. The third-order valence-electron chi connectivity index (χ3n) is 4.88. The Balaban J connectivity index is 1.45. The smallest absolute Gasteiger partial charge is 0.272 e. The van der Waals surface area contributed by atoms with Crippen LogP contribution in [0.1, 0.15) is 29.9 Å². The summed E-state index contributed by atoms with van der Waals surface area (Å²) in [6, 6.07) is 13.2. The third kappa shape index (κ3) is 3.38. The number of aromatic amines is 2. The Morgan fingerprint density at radius 1 is 1.18 bits per heavy atom. The van der Waals surface area contributed by atoms with Crippen LogP contribution in [0.2, 0.25) is 0 Å². The average molecular weight is 375 g/mol. The molecule has 7 nitrogen and oxygen atoms in total. The van der Waals surface area contributed by atoms with E-state index in [0.717, 1.165) is 16.9 Å². The van der Waals surface area contributed by atoms with Crippen LogP contribution in [0.4, 0.5) is 0 Å². The van der Waals surface area contributed by atoms with Crippen molar-refractivity contribution in [2.75, 3.05) is 6.54 Å². The van der Waals surface area contributed by atoms with Crippen LogP contribution >= 0.6 is 0 Å². The van der Waals surface area contributed by atoms with Gasteiger partial charge in [0.1, 0.15) is 5.82 Å². The Morgan fingerprint density at radius 2 is 1.96 bits per heavy atom. The molecule has 2 aromatic heterocycles. The Hall–Kier alpha value is -3.48. The van der Waals surface area contributed by atoms with E-state index >= 15 is 0 Å². The molecular weight excluding hydrogens is 354 g/mol. The monoisotopic (exact) mass is 375 g/mol. The van der Waals surface area contributed by atoms with Gasteiger partial charge >= 0.3 is 0 Å². The number of aromatic nitrogens is 4. The van der Waals surface area contributed by atoms with Gasteiger partial charge in [-0.25, -0.2) is 10.1 Å². The van der Waals surface area contributed by atoms with Crippen LogP contribution in [0, 0.1) is 6.92 Å². The van der Waals surface area contributed by atoms with Crippen LogP contribution in [0.3, 0.4) is 0 Å². The van der Waals surface area contributed by atoms with Crippen LogP contribution in [0.5, 0.6) is 0 Å². The zero-order chi connectivity index (χ0) is 19.7. The summed E-state index contributed by atoms with van der Waals surface area (Å²) in [7, 11) is 0. The predicted molar refractivity (Wildman–Crippen MR) is 108 cm³/mol. The maximum Gasteiger partial charge on any atom is 0.272 e. The lowest BCUT2D eigenvalue weighted by Crippen LogP contribution is -2.31. The van der Waals surface area contributed by atoms with Gasteiger partial charge in [0.15, 0.2) is 0 Å². The number of benzene rings is 2. The van der Waals surface area contributed by atoms with Crippen LogP contribution in [0.25, 0.3) is 21.8 Å². The minimum atomic E-state index is -0.486. The number of imidazole rings is 1. The molecule has 142 valence electrons. The summed E-state index contributed by atoms with van der Waals surface area (Å²) in [5, 5.41) is 10.8. The van der Waals surface area contributed by atoms with E-state index in [0.29, 0.717) is 29.4 Å². The van der Waals surface area contributed by atoms with Crippen molar-refractivity contribution in [2.24, 2.45) is 0 Å². The van der Waals surface area contributed by atoms with Gasteiger partial charge in [0, 0.05) is 18.4 Å². The highest BCUT2D eigenvalue weighted by Crippen LogP contribution is 2.21. The summed E-state index contributed by atoms with van der Waals surface area (Å²) in [6.45, 7) is 4.28. The average Bonchev–Trinajstić information content (AvgIpc) is 3.09. The van der Waals surface area contributed by atoms with E-state index in [4.69, 9.17) is 0 Å². The summed E-state index contributed by atoms with van der Waals surface area (Å²) in [5.41, 5.74) is 3.40. The molecule has 0 aliphatic rings. The van der Waals surface area contributed by atoms with Crippen molar-refractivity contribution >= 4 is 27.7 Å². The Morgan fingerprint density at radius 3 is 2.79 bits per heavy atom. The normalized spacial score (nSPS) is 12.4. The fourth-order valence-electron chi connectivity index (χ4n) is 3.34. The quantitative estimate of drug-likeness (QED) is 0.499. The van der Waals surface area contributed by atoms with Crippen molar-refractivity contribution < 1.29 is 4.79 Å². The van der Waals surface area contributed by atoms with Crippen molar-refractivity contribution in [3.05, 3.63) is 69.9 Å². The molecule has 7 heteroatoms. The second-order valence-corrected chi connectivity index (χ2v) is 6.95.